The summed E-state index contributed by atoms with van der Waals surface area (Å²) in [5.41, 5.74) is 0.508. The van der Waals surface area contributed by atoms with Gasteiger partial charge in [0, 0.05) is 45.2 Å². The third kappa shape index (κ3) is 5.61. The van der Waals surface area contributed by atoms with E-state index in [1.807, 2.05) is 11.0 Å². The predicted molar refractivity (Wildman–Crippen MR) is 88.4 cm³/mol. The van der Waals surface area contributed by atoms with Crippen LogP contribution in [0.4, 0.5) is 5.69 Å². The molecule has 1 N–H and O–H groups in total. The summed E-state index contributed by atoms with van der Waals surface area (Å²) in [6, 6.07) is 3.99. The van der Waals surface area contributed by atoms with E-state index in [0.29, 0.717) is 12.1 Å². The van der Waals surface area contributed by atoms with Crippen molar-refractivity contribution < 1.29 is 42.6 Å². The SMILES string of the molecule is [CH2-]CCCCC[C@@H]1CCC(=O)N1c1ccc(C(C)(C)O)nc1.[Y]. The molecule has 0 saturated carbocycles. The quantitative estimate of drug-likeness (QED) is 0.570. The summed E-state index contributed by atoms with van der Waals surface area (Å²) in [6.45, 7) is 7.28. The topological polar surface area (TPSA) is 53.4 Å². The van der Waals surface area contributed by atoms with E-state index in [9.17, 15) is 9.90 Å². The number of hydrogen-bond donors (Lipinski definition) is 1. The Hall–Kier alpha value is -0.316. The molecule has 0 spiro atoms. The van der Waals surface area contributed by atoms with Crippen LogP contribution in [-0.2, 0) is 43.1 Å². The molecule has 2 heterocycles. The average Bonchev–Trinajstić information content (AvgIpc) is 2.84. The van der Waals surface area contributed by atoms with E-state index < -0.39 is 5.60 Å². The summed E-state index contributed by atoms with van der Waals surface area (Å²) in [5, 5.41) is 9.97. The smallest absolute Gasteiger partial charge is 0.227 e. The van der Waals surface area contributed by atoms with Gasteiger partial charge in [-0.3, -0.25) is 9.78 Å². The first-order valence-electron chi connectivity index (χ1n) is 8.23. The second-order valence-electron chi connectivity index (χ2n) is 6.62. The van der Waals surface area contributed by atoms with Gasteiger partial charge in [0.25, 0.3) is 0 Å². The van der Waals surface area contributed by atoms with E-state index >= 15 is 0 Å². The summed E-state index contributed by atoms with van der Waals surface area (Å²) in [4.78, 5) is 18.4. The molecule has 125 valence electrons. The van der Waals surface area contributed by atoms with E-state index in [4.69, 9.17) is 0 Å². The van der Waals surface area contributed by atoms with Crippen LogP contribution in [0.25, 0.3) is 0 Å². The molecule has 1 amide bonds. The van der Waals surface area contributed by atoms with E-state index in [2.05, 4.69) is 11.9 Å². The van der Waals surface area contributed by atoms with Gasteiger partial charge in [-0.15, -0.1) is 0 Å². The van der Waals surface area contributed by atoms with Crippen LogP contribution in [0, 0.1) is 6.92 Å². The molecule has 23 heavy (non-hydrogen) atoms. The first-order chi connectivity index (χ1) is 10.4. The van der Waals surface area contributed by atoms with E-state index in [0.717, 1.165) is 37.8 Å². The van der Waals surface area contributed by atoms with Crippen molar-refractivity contribution in [2.75, 3.05) is 4.90 Å². The second-order valence-corrected chi connectivity index (χ2v) is 6.62. The zero-order chi connectivity index (χ0) is 16.2. The van der Waals surface area contributed by atoms with Gasteiger partial charge in [0.05, 0.1) is 17.6 Å². The van der Waals surface area contributed by atoms with Gasteiger partial charge in [-0.1, -0.05) is 19.3 Å². The Morgan fingerprint density at radius 2 is 2.09 bits per heavy atom. The van der Waals surface area contributed by atoms with Crippen LogP contribution in [0.2, 0.25) is 0 Å². The maximum absolute atomic E-state index is 12.2. The number of nitrogens with zero attached hydrogens (tertiary/aromatic N) is 2. The van der Waals surface area contributed by atoms with Crippen molar-refractivity contribution in [3.8, 4) is 0 Å². The van der Waals surface area contributed by atoms with Crippen molar-refractivity contribution in [3.63, 3.8) is 0 Å². The van der Waals surface area contributed by atoms with Crippen LogP contribution in [0.15, 0.2) is 18.3 Å². The van der Waals surface area contributed by atoms with Crippen molar-refractivity contribution in [2.45, 2.75) is 70.4 Å². The second kappa shape index (κ2) is 9.24. The van der Waals surface area contributed by atoms with Gasteiger partial charge in [-0.05, 0) is 38.8 Å². The summed E-state index contributed by atoms with van der Waals surface area (Å²) in [6.07, 6.45) is 8.75. The van der Waals surface area contributed by atoms with Crippen molar-refractivity contribution in [1.29, 1.82) is 0 Å². The Labute approximate surface area is 164 Å². The number of anilines is 1. The third-order valence-electron chi connectivity index (χ3n) is 4.27. The molecule has 1 fully saturated rings. The molecule has 4 nitrogen and oxygen atoms in total. The minimum atomic E-state index is -0.957. The maximum atomic E-state index is 12.2. The minimum Gasteiger partial charge on any atom is -0.384 e. The summed E-state index contributed by atoms with van der Waals surface area (Å²) < 4.78 is 0. The number of hydrogen-bond acceptors (Lipinski definition) is 3. The first-order valence-corrected chi connectivity index (χ1v) is 8.23. The molecule has 1 aromatic rings. The normalized spacial score (nSPS) is 18.2. The van der Waals surface area contributed by atoms with Gasteiger partial charge in [0.2, 0.25) is 5.91 Å². The fraction of sp³-hybridized carbons (Fsp3) is 0.611. The average molecular weight is 392 g/mol. The maximum Gasteiger partial charge on any atom is 0.227 e. The van der Waals surface area contributed by atoms with E-state index in [-0.39, 0.29) is 44.7 Å². The molecule has 0 aliphatic carbocycles. The Morgan fingerprint density at radius 1 is 1.35 bits per heavy atom. The molecule has 2 rings (SSSR count). The number of rotatable bonds is 7. The Bertz CT molecular complexity index is 497. The van der Waals surface area contributed by atoms with Crippen LogP contribution in [0.5, 0.6) is 0 Å². The Morgan fingerprint density at radius 3 is 2.65 bits per heavy atom. The number of unbranched alkanes of at least 4 members (excludes halogenated alkanes) is 3. The van der Waals surface area contributed by atoms with Gasteiger partial charge < -0.3 is 16.9 Å². The molecule has 0 unspecified atom stereocenters. The van der Waals surface area contributed by atoms with Crippen LogP contribution in [0.1, 0.15) is 64.5 Å². The van der Waals surface area contributed by atoms with Crippen LogP contribution < -0.4 is 4.90 Å². The molecule has 1 aliphatic rings. The van der Waals surface area contributed by atoms with Gasteiger partial charge in [0.15, 0.2) is 0 Å². The van der Waals surface area contributed by atoms with Gasteiger partial charge in [-0.25, -0.2) is 0 Å². The van der Waals surface area contributed by atoms with Gasteiger partial charge in [-0.2, -0.15) is 6.42 Å². The molecule has 1 atom stereocenters. The molecular formula is C18H27N2O2Y-. The molecule has 0 aromatic carbocycles. The number of aromatic nitrogens is 1. The molecule has 1 aromatic heterocycles. The number of aliphatic hydroxyl groups is 1. The minimum absolute atomic E-state index is 0. The Kier molecular flexibility index (Phi) is 8.33. The Balaban J connectivity index is 0.00000264. The molecular weight excluding hydrogens is 365 g/mol. The zero-order valence-corrected chi connectivity index (χ0v) is 17.1. The number of carbonyl (C=O) groups excluding carboxylic acids is 1. The van der Waals surface area contributed by atoms with Crippen LogP contribution in [-0.4, -0.2) is 22.0 Å². The molecule has 5 heteroatoms. The monoisotopic (exact) mass is 392 g/mol. The molecule has 1 saturated heterocycles. The summed E-state index contributed by atoms with van der Waals surface area (Å²) in [7, 11) is 0. The molecule has 1 aliphatic heterocycles. The van der Waals surface area contributed by atoms with Crippen LogP contribution in [0.3, 0.4) is 0 Å². The number of pyridine rings is 1. The summed E-state index contributed by atoms with van der Waals surface area (Å²) >= 11 is 0. The van der Waals surface area contributed by atoms with Gasteiger partial charge >= 0.3 is 0 Å². The number of carbonyl (C=O) groups is 1. The first kappa shape index (κ1) is 20.7. The third-order valence-corrected chi connectivity index (χ3v) is 4.27. The standard InChI is InChI=1S/C18H27N2O2.Y/c1-4-5-6-7-8-14-10-12-17(21)20(14)15-9-11-16(19-13-15)18(2,3)22;/h9,11,13-14,22H,1,4-8,10,12H2,2-3H3;/q-1;/t14-;/m1./s1. The zero-order valence-electron chi connectivity index (χ0n) is 14.3. The van der Waals surface area contributed by atoms with Crippen molar-refractivity contribution in [2.24, 2.45) is 0 Å². The molecule has 1 radical (unpaired) electrons. The largest absolute Gasteiger partial charge is 0.384 e. The number of amides is 1. The van der Waals surface area contributed by atoms with E-state index in [1.165, 1.54) is 6.42 Å². The van der Waals surface area contributed by atoms with E-state index in [1.54, 1.807) is 26.1 Å². The van der Waals surface area contributed by atoms with Crippen molar-refractivity contribution in [1.82, 2.24) is 4.98 Å². The van der Waals surface area contributed by atoms with Crippen molar-refractivity contribution in [3.05, 3.63) is 30.9 Å². The fourth-order valence-corrected chi connectivity index (χ4v) is 3.00. The van der Waals surface area contributed by atoms with Gasteiger partial charge in [0.1, 0.15) is 5.60 Å². The van der Waals surface area contributed by atoms with Crippen molar-refractivity contribution >= 4 is 11.6 Å². The summed E-state index contributed by atoms with van der Waals surface area (Å²) in [5.74, 6) is 0.181. The molecule has 0 bridgehead atoms. The fourth-order valence-electron chi connectivity index (χ4n) is 3.00. The van der Waals surface area contributed by atoms with Crippen LogP contribution >= 0.6 is 0 Å². The predicted octanol–water partition coefficient (Wildman–Crippen LogP) is 3.59.